The molecule has 1 unspecified atom stereocenters. The number of Topliss-reactive ketones (excluding diaryl/α,β-unsaturated/α-hetero) is 1. The molecule has 2 aromatic rings. The maximum atomic E-state index is 12.9. The molecule has 2 aromatic carbocycles. The summed E-state index contributed by atoms with van der Waals surface area (Å²) in [5.41, 5.74) is 0.733. The van der Waals surface area contributed by atoms with Crippen LogP contribution in [0.15, 0.2) is 48.0 Å². The predicted molar refractivity (Wildman–Crippen MR) is 114 cm³/mol. The molecule has 1 amide bonds. The second-order valence-electron chi connectivity index (χ2n) is 7.23. The van der Waals surface area contributed by atoms with Crippen molar-refractivity contribution in [2.24, 2.45) is 0 Å². The molecule has 30 heavy (non-hydrogen) atoms. The molecule has 1 aliphatic rings. The van der Waals surface area contributed by atoms with Gasteiger partial charge in [0.1, 0.15) is 17.3 Å². The average Bonchev–Trinajstić information content (AvgIpc) is 2.97. The summed E-state index contributed by atoms with van der Waals surface area (Å²) in [6.45, 7) is 0.813. The van der Waals surface area contributed by atoms with Crippen molar-refractivity contribution in [2.75, 3.05) is 34.3 Å². The van der Waals surface area contributed by atoms with E-state index in [0.717, 1.165) is 0 Å². The van der Waals surface area contributed by atoms with Crippen molar-refractivity contribution >= 4 is 29.1 Å². The molecule has 2 N–H and O–H groups in total. The zero-order valence-electron chi connectivity index (χ0n) is 16.9. The molecule has 1 fully saturated rings. The molecule has 7 nitrogen and oxygen atoms in total. The van der Waals surface area contributed by atoms with Crippen LogP contribution in [0.1, 0.15) is 17.2 Å². The second-order valence-corrected chi connectivity index (χ2v) is 7.64. The number of ketones is 1. The van der Waals surface area contributed by atoms with Crippen LogP contribution in [-0.2, 0) is 9.59 Å². The highest BCUT2D eigenvalue weighted by atomic mass is 35.5. The zero-order chi connectivity index (χ0) is 22.0. The van der Waals surface area contributed by atoms with Crippen molar-refractivity contribution in [1.82, 2.24) is 9.80 Å². The van der Waals surface area contributed by atoms with Gasteiger partial charge in [0.25, 0.3) is 11.7 Å². The van der Waals surface area contributed by atoms with Crippen molar-refractivity contribution in [3.63, 3.8) is 0 Å². The van der Waals surface area contributed by atoms with Crippen molar-refractivity contribution in [3.8, 4) is 11.5 Å². The first-order chi connectivity index (χ1) is 14.2. The number of carbonyl (C=O) groups excluding carboxylic acids is 2. The first-order valence-corrected chi connectivity index (χ1v) is 9.68. The maximum absolute atomic E-state index is 12.9. The van der Waals surface area contributed by atoms with E-state index < -0.39 is 17.7 Å². The van der Waals surface area contributed by atoms with Crippen LogP contribution in [0.4, 0.5) is 0 Å². The standard InChI is InChI=1S/C22H23ClN2O5/c1-24(2)10-11-25-19(13-4-6-14(26)7-5-13)18(21(28)22(25)29)20(27)16-12-15(30-3)8-9-17(16)23/h4-9,12,19,26-27H,10-11H2,1-3H3/b20-18+. The number of aliphatic hydroxyl groups excluding tert-OH is 1. The minimum Gasteiger partial charge on any atom is -0.508 e. The molecule has 1 saturated heterocycles. The summed E-state index contributed by atoms with van der Waals surface area (Å²) in [7, 11) is 5.20. The van der Waals surface area contributed by atoms with Crippen LogP contribution in [0.3, 0.4) is 0 Å². The summed E-state index contributed by atoms with van der Waals surface area (Å²) in [5.74, 6) is -1.36. The molecular weight excluding hydrogens is 408 g/mol. The fraction of sp³-hybridized carbons (Fsp3) is 0.273. The summed E-state index contributed by atoms with van der Waals surface area (Å²) in [6.07, 6.45) is 0. The number of carbonyl (C=O) groups is 2. The van der Waals surface area contributed by atoms with E-state index in [1.54, 1.807) is 24.3 Å². The maximum Gasteiger partial charge on any atom is 0.295 e. The van der Waals surface area contributed by atoms with Crippen molar-refractivity contribution in [1.29, 1.82) is 0 Å². The molecule has 0 radical (unpaired) electrons. The number of rotatable bonds is 6. The Balaban J connectivity index is 2.19. The van der Waals surface area contributed by atoms with Crippen molar-refractivity contribution < 1.29 is 24.5 Å². The largest absolute Gasteiger partial charge is 0.508 e. The third-order valence-electron chi connectivity index (χ3n) is 4.97. The van der Waals surface area contributed by atoms with E-state index >= 15 is 0 Å². The van der Waals surface area contributed by atoms with E-state index in [2.05, 4.69) is 0 Å². The SMILES string of the molecule is COc1ccc(Cl)c(/C(O)=C2\C(=O)C(=O)N(CCN(C)C)C2c2ccc(O)cc2)c1. The Labute approximate surface area is 179 Å². The Morgan fingerprint density at radius 1 is 1.17 bits per heavy atom. The van der Waals surface area contributed by atoms with Gasteiger partial charge < -0.3 is 24.7 Å². The number of phenols is 1. The van der Waals surface area contributed by atoms with Gasteiger partial charge in [0.05, 0.1) is 23.7 Å². The molecule has 1 aliphatic heterocycles. The number of phenolic OH excluding ortho intramolecular Hbond substituents is 1. The average molecular weight is 431 g/mol. The number of ether oxygens (including phenoxy) is 1. The molecule has 0 bridgehead atoms. The molecule has 0 spiro atoms. The zero-order valence-corrected chi connectivity index (χ0v) is 17.7. The number of hydrogen-bond acceptors (Lipinski definition) is 6. The molecule has 8 heteroatoms. The molecule has 1 heterocycles. The minimum atomic E-state index is -0.812. The Hall–Kier alpha value is -3.03. The second kappa shape index (κ2) is 8.77. The number of methoxy groups -OCH3 is 1. The summed E-state index contributed by atoms with van der Waals surface area (Å²) < 4.78 is 5.19. The molecular formula is C22H23ClN2O5. The molecule has 0 saturated carbocycles. The molecule has 0 aliphatic carbocycles. The van der Waals surface area contributed by atoms with Crippen LogP contribution < -0.4 is 4.74 Å². The number of amides is 1. The van der Waals surface area contributed by atoms with Crippen LogP contribution >= 0.6 is 11.6 Å². The summed E-state index contributed by atoms with van der Waals surface area (Å²) in [6, 6.07) is 10.1. The molecule has 1 atom stereocenters. The highest BCUT2D eigenvalue weighted by Crippen LogP contribution is 2.41. The van der Waals surface area contributed by atoms with Gasteiger partial charge in [0.2, 0.25) is 0 Å². The fourth-order valence-corrected chi connectivity index (χ4v) is 3.59. The van der Waals surface area contributed by atoms with E-state index in [9.17, 15) is 19.8 Å². The first-order valence-electron chi connectivity index (χ1n) is 9.30. The Morgan fingerprint density at radius 2 is 1.83 bits per heavy atom. The molecule has 0 aromatic heterocycles. The highest BCUT2D eigenvalue weighted by Gasteiger charge is 2.46. The van der Waals surface area contributed by atoms with Crippen LogP contribution in [0.5, 0.6) is 11.5 Å². The van der Waals surface area contributed by atoms with Gasteiger partial charge in [-0.25, -0.2) is 0 Å². The fourth-order valence-electron chi connectivity index (χ4n) is 3.38. The van der Waals surface area contributed by atoms with Gasteiger partial charge in [-0.05, 0) is 50.0 Å². The number of nitrogens with zero attached hydrogens (tertiary/aromatic N) is 2. The number of aromatic hydroxyl groups is 1. The third-order valence-corrected chi connectivity index (χ3v) is 5.30. The lowest BCUT2D eigenvalue weighted by molar-refractivity contribution is -0.140. The topological polar surface area (TPSA) is 90.3 Å². The quantitative estimate of drug-likeness (QED) is 0.416. The number of likely N-dealkylation sites (N-methyl/N-ethyl adjacent to an activating group) is 1. The number of likely N-dealkylation sites (tertiary alicyclic amines) is 1. The van der Waals surface area contributed by atoms with Crippen molar-refractivity contribution in [2.45, 2.75) is 6.04 Å². The van der Waals surface area contributed by atoms with Gasteiger partial charge in [-0.3, -0.25) is 9.59 Å². The summed E-state index contributed by atoms with van der Waals surface area (Å²) >= 11 is 6.26. The van der Waals surface area contributed by atoms with E-state index in [4.69, 9.17) is 16.3 Å². The normalized spacial score (nSPS) is 18.3. The number of benzene rings is 2. The van der Waals surface area contributed by atoms with Crippen LogP contribution in [0.2, 0.25) is 5.02 Å². The number of aliphatic hydroxyl groups is 1. The lowest BCUT2D eigenvalue weighted by Crippen LogP contribution is -2.35. The molecule has 3 rings (SSSR count). The predicted octanol–water partition coefficient (Wildman–Crippen LogP) is 3.04. The van der Waals surface area contributed by atoms with Gasteiger partial charge in [0.15, 0.2) is 0 Å². The molecule has 158 valence electrons. The van der Waals surface area contributed by atoms with Gasteiger partial charge in [-0.2, -0.15) is 0 Å². The van der Waals surface area contributed by atoms with Crippen LogP contribution in [0, 0.1) is 0 Å². The Bertz CT molecular complexity index is 1000. The third kappa shape index (κ3) is 4.13. The van der Waals surface area contributed by atoms with E-state index in [0.29, 0.717) is 17.9 Å². The highest BCUT2D eigenvalue weighted by molar-refractivity contribution is 6.47. The lowest BCUT2D eigenvalue weighted by atomic mass is 9.95. The first kappa shape index (κ1) is 21.7. The lowest BCUT2D eigenvalue weighted by Gasteiger charge is -2.26. The summed E-state index contributed by atoms with van der Waals surface area (Å²) in [4.78, 5) is 29.1. The smallest absolute Gasteiger partial charge is 0.295 e. The van der Waals surface area contributed by atoms with Crippen LogP contribution in [0.25, 0.3) is 5.76 Å². The Morgan fingerprint density at radius 3 is 2.43 bits per heavy atom. The number of halogens is 1. The van der Waals surface area contributed by atoms with Crippen LogP contribution in [-0.4, -0.2) is 66.0 Å². The van der Waals surface area contributed by atoms with Gasteiger partial charge in [-0.15, -0.1) is 0 Å². The Kier molecular flexibility index (Phi) is 6.34. The van der Waals surface area contributed by atoms with Crippen molar-refractivity contribution in [3.05, 3.63) is 64.2 Å². The number of hydrogen-bond donors (Lipinski definition) is 2. The monoisotopic (exact) mass is 430 g/mol. The van der Waals surface area contributed by atoms with E-state index in [-0.39, 0.29) is 34.2 Å². The van der Waals surface area contributed by atoms with Gasteiger partial charge >= 0.3 is 0 Å². The van der Waals surface area contributed by atoms with E-state index in [1.807, 2.05) is 19.0 Å². The van der Waals surface area contributed by atoms with Gasteiger partial charge in [0, 0.05) is 18.7 Å². The minimum absolute atomic E-state index is 0.0554. The summed E-state index contributed by atoms with van der Waals surface area (Å²) in [5, 5.41) is 20.9. The van der Waals surface area contributed by atoms with Gasteiger partial charge in [-0.1, -0.05) is 23.7 Å². The van der Waals surface area contributed by atoms with E-state index in [1.165, 1.54) is 30.2 Å².